The number of benzene rings is 2. The molecule has 1 aromatic heterocycles. The third-order valence-corrected chi connectivity index (χ3v) is 7.70. The topological polar surface area (TPSA) is 42.0 Å². The van der Waals surface area contributed by atoms with Crippen molar-refractivity contribution in [3.05, 3.63) is 53.6 Å². The summed E-state index contributed by atoms with van der Waals surface area (Å²) in [5, 5.41) is 3.23. The molecule has 166 valence electrons. The number of fused-ring (bicyclic) bond motifs is 1. The standard InChI is InChI=1S/C26H34N2OS2/c1-18(2)20-12-11-13-21(19(3)4)25(20)28-24(29)16-7-5-6-10-17-30-26-27-22-14-8-9-15-23(22)31-26/h8-9,11-15,18-19H,5-7,10,16-17H2,1-4H3,(H,28,29). The molecular weight excluding hydrogens is 420 g/mol. The summed E-state index contributed by atoms with van der Waals surface area (Å²) in [6.45, 7) is 8.73. The first kappa shape index (κ1) is 23.8. The number of carbonyl (C=O) groups excluding carboxylic acids is 1. The fourth-order valence-electron chi connectivity index (χ4n) is 3.71. The summed E-state index contributed by atoms with van der Waals surface area (Å²) < 4.78 is 2.42. The second-order valence-electron chi connectivity index (χ2n) is 8.63. The average molecular weight is 455 g/mol. The first-order chi connectivity index (χ1) is 15.0. The van der Waals surface area contributed by atoms with Gasteiger partial charge in [0.2, 0.25) is 5.91 Å². The van der Waals surface area contributed by atoms with Crippen LogP contribution in [0.5, 0.6) is 0 Å². The van der Waals surface area contributed by atoms with Gasteiger partial charge in [0.05, 0.1) is 10.2 Å². The number of thiazole rings is 1. The molecule has 1 amide bonds. The molecule has 0 unspecified atom stereocenters. The zero-order chi connectivity index (χ0) is 22.2. The normalized spacial score (nSPS) is 11.5. The first-order valence-electron chi connectivity index (χ1n) is 11.4. The number of aromatic nitrogens is 1. The van der Waals surface area contributed by atoms with Crippen molar-refractivity contribution in [2.45, 2.75) is 76.0 Å². The Morgan fingerprint density at radius 3 is 2.29 bits per heavy atom. The van der Waals surface area contributed by atoms with E-state index in [1.807, 2.05) is 17.8 Å². The molecule has 3 rings (SSSR count). The number of nitrogens with zero attached hydrogens (tertiary/aromatic N) is 1. The highest BCUT2D eigenvalue weighted by Gasteiger charge is 2.15. The monoisotopic (exact) mass is 454 g/mol. The lowest BCUT2D eigenvalue weighted by atomic mass is 9.92. The van der Waals surface area contributed by atoms with E-state index in [4.69, 9.17) is 0 Å². The number of anilines is 1. The molecule has 1 heterocycles. The molecule has 5 heteroatoms. The molecule has 0 aliphatic heterocycles. The third-order valence-electron chi connectivity index (χ3n) is 5.44. The SMILES string of the molecule is CC(C)c1cccc(C(C)C)c1NC(=O)CCCCCCSc1nc2ccccc2s1. The van der Waals surface area contributed by atoms with Crippen LogP contribution in [0.1, 0.15) is 82.8 Å². The second kappa shape index (κ2) is 11.7. The molecule has 0 spiro atoms. The van der Waals surface area contributed by atoms with Crippen molar-refractivity contribution in [1.82, 2.24) is 4.98 Å². The van der Waals surface area contributed by atoms with E-state index < -0.39 is 0 Å². The van der Waals surface area contributed by atoms with Crippen molar-refractivity contribution in [3.8, 4) is 0 Å². The molecule has 0 fully saturated rings. The number of unbranched alkanes of at least 4 members (excludes halogenated alkanes) is 3. The largest absolute Gasteiger partial charge is 0.326 e. The maximum absolute atomic E-state index is 12.6. The molecule has 3 aromatic rings. The van der Waals surface area contributed by atoms with Crippen LogP contribution in [-0.4, -0.2) is 16.6 Å². The average Bonchev–Trinajstić information content (AvgIpc) is 3.15. The van der Waals surface area contributed by atoms with Crippen LogP contribution >= 0.6 is 23.1 Å². The van der Waals surface area contributed by atoms with Gasteiger partial charge in [-0.05, 0) is 47.9 Å². The lowest BCUT2D eigenvalue weighted by Gasteiger charge is -2.20. The minimum absolute atomic E-state index is 0.138. The van der Waals surface area contributed by atoms with Gasteiger partial charge in [0, 0.05) is 17.9 Å². The Labute approximate surface area is 195 Å². The molecule has 0 aliphatic rings. The molecular formula is C26H34N2OS2. The van der Waals surface area contributed by atoms with Gasteiger partial charge in [0.25, 0.3) is 0 Å². The summed E-state index contributed by atoms with van der Waals surface area (Å²) in [7, 11) is 0. The van der Waals surface area contributed by atoms with Gasteiger partial charge in [-0.25, -0.2) is 4.98 Å². The Balaban J connectivity index is 1.38. The van der Waals surface area contributed by atoms with Crippen molar-refractivity contribution in [2.75, 3.05) is 11.1 Å². The molecule has 0 bridgehead atoms. The number of carbonyl (C=O) groups is 1. The van der Waals surface area contributed by atoms with Gasteiger partial charge in [-0.1, -0.05) is 82.6 Å². The Morgan fingerprint density at radius 2 is 1.61 bits per heavy atom. The number of rotatable bonds is 11. The quantitative estimate of drug-likeness (QED) is 0.234. The van der Waals surface area contributed by atoms with Gasteiger partial charge in [0.1, 0.15) is 0 Å². The lowest BCUT2D eigenvalue weighted by molar-refractivity contribution is -0.116. The molecule has 1 N–H and O–H groups in total. The van der Waals surface area contributed by atoms with Gasteiger partial charge in [-0.2, -0.15) is 0 Å². The van der Waals surface area contributed by atoms with Crippen molar-refractivity contribution in [1.29, 1.82) is 0 Å². The maximum Gasteiger partial charge on any atom is 0.224 e. The van der Waals surface area contributed by atoms with Crippen molar-refractivity contribution < 1.29 is 4.79 Å². The predicted molar refractivity (Wildman–Crippen MR) is 137 cm³/mol. The number of nitrogens with one attached hydrogen (secondary N) is 1. The third kappa shape index (κ3) is 6.81. The molecule has 2 aromatic carbocycles. The van der Waals surface area contributed by atoms with E-state index in [0.717, 1.165) is 47.0 Å². The van der Waals surface area contributed by atoms with Crippen LogP contribution in [0.25, 0.3) is 10.2 Å². The molecule has 0 saturated heterocycles. The van der Waals surface area contributed by atoms with E-state index >= 15 is 0 Å². The Morgan fingerprint density at radius 1 is 0.935 bits per heavy atom. The molecule has 3 nitrogen and oxygen atoms in total. The summed E-state index contributed by atoms with van der Waals surface area (Å²) in [4.78, 5) is 17.3. The van der Waals surface area contributed by atoms with E-state index in [1.165, 1.54) is 15.8 Å². The van der Waals surface area contributed by atoms with Crippen LogP contribution in [0.2, 0.25) is 0 Å². The van der Waals surface area contributed by atoms with Crippen LogP contribution in [-0.2, 0) is 4.79 Å². The number of thioether (sulfide) groups is 1. The van der Waals surface area contributed by atoms with Crippen LogP contribution in [0, 0.1) is 0 Å². The number of hydrogen-bond acceptors (Lipinski definition) is 4. The van der Waals surface area contributed by atoms with Crippen LogP contribution in [0.3, 0.4) is 0 Å². The number of para-hydroxylation sites is 2. The molecule has 0 atom stereocenters. The van der Waals surface area contributed by atoms with Gasteiger partial charge >= 0.3 is 0 Å². The lowest BCUT2D eigenvalue weighted by Crippen LogP contribution is -2.15. The molecule has 31 heavy (non-hydrogen) atoms. The Kier molecular flexibility index (Phi) is 8.97. The number of amides is 1. The highest BCUT2D eigenvalue weighted by molar-refractivity contribution is 8.01. The fourth-order valence-corrected chi connectivity index (χ4v) is 5.85. The van der Waals surface area contributed by atoms with E-state index in [-0.39, 0.29) is 5.91 Å². The van der Waals surface area contributed by atoms with Crippen LogP contribution < -0.4 is 5.32 Å². The highest BCUT2D eigenvalue weighted by Crippen LogP contribution is 2.33. The van der Waals surface area contributed by atoms with Crippen LogP contribution in [0.4, 0.5) is 5.69 Å². The van der Waals surface area contributed by atoms with E-state index in [9.17, 15) is 4.79 Å². The first-order valence-corrected chi connectivity index (χ1v) is 13.2. The number of hydrogen-bond donors (Lipinski definition) is 1. The smallest absolute Gasteiger partial charge is 0.224 e. The van der Waals surface area contributed by atoms with Gasteiger partial charge in [-0.15, -0.1) is 11.3 Å². The zero-order valence-corrected chi connectivity index (χ0v) is 20.7. The van der Waals surface area contributed by atoms with Gasteiger partial charge in [0.15, 0.2) is 4.34 Å². The summed E-state index contributed by atoms with van der Waals surface area (Å²) in [5.41, 5.74) is 4.59. The van der Waals surface area contributed by atoms with Crippen molar-refractivity contribution in [2.24, 2.45) is 0 Å². The van der Waals surface area contributed by atoms with Crippen LogP contribution in [0.15, 0.2) is 46.8 Å². The Hall–Kier alpha value is -1.85. The fraction of sp³-hybridized carbons (Fsp3) is 0.462. The molecule has 0 radical (unpaired) electrons. The highest BCUT2D eigenvalue weighted by atomic mass is 32.2. The predicted octanol–water partition coefficient (Wildman–Crippen LogP) is 8.22. The second-order valence-corrected chi connectivity index (χ2v) is 11.0. The van der Waals surface area contributed by atoms with Crippen molar-refractivity contribution >= 4 is 44.9 Å². The Bertz CT molecular complexity index is 935. The van der Waals surface area contributed by atoms with E-state index in [0.29, 0.717) is 18.3 Å². The van der Waals surface area contributed by atoms with Crippen molar-refractivity contribution in [3.63, 3.8) is 0 Å². The summed E-state index contributed by atoms with van der Waals surface area (Å²) in [6, 6.07) is 14.7. The minimum atomic E-state index is 0.138. The van der Waals surface area contributed by atoms with Gasteiger partial charge < -0.3 is 5.32 Å². The van der Waals surface area contributed by atoms with E-state index in [2.05, 4.69) is 74.4 Å². The molecule has 0 saturated carbocycles. The molecule has 0 aliphatic carbocycles. The zero-order valence-electron chi connectivity index (χ0n) is 19.1. The summed E-state index contributed by atoms with van der Waals surface area (Å²) >= 11 is 3.62. The minimum Gasteiger partial charge on any atom is -0.326 e. The summed E-state index contributed by atoms with van der Waals surface area (Å²) in [6.07, 6.45) is 4.95. The maximum atomic E-state index is 12.6. The van der Waals surface area contributed by atoms with Gasteiger partial charge in [-0.3, -0.25) is 4.79 Å². The summed E-state index contributed by atoms with van der Waals surface area (Å²) in [5.74, 6) is 2.01. The van der Waals surface area contributed by atoms with E-state index in [1.54, 1.807) is 11.3 Å².